The third-order valence-electron chi connectivity index (χ3n) is 3.70. The van der Waals surface area contributed by atoms with Gasteiger partial charge in [0.2, 0.25) is 0 Å². The molecule has 0 radical (unpaired) electrons. The molecule has 0 aliphatic heterocycles. The molecule has 6 nitrogen and oxygen atoms in total. The molecular weight excluding hydrogens is 364 g/mol. The average molecular weight is 386 g/mol. The zero-order valence-corrected chi connectivity index (χ0v) is 15.7. The van der Waals surface area contributed by atoms with Gasteiger partial charge in [0.1, 0.15) is 25.1 Å². The maximum absolute atomic E-state index is 12.1. The number of aliphatic hydroxyl groups is 1. The summed E-state index contributed by atoms with van der Waals surface area (Å²) in [5, 5.41) is 14.0. The molecule has 0 aliphatic carbocycles. The lowest BCUT2D eigenvalue weighted by Crippen LogP contribution is -2.23. The molecule has 3 rings (SSSR count). The van der Waals surface area contributed by atoms with E-state index in [1.165, 1.54) is 0 Å². The molecule has 27 heavy (non-hydrogen) atoms. The maximum atomic E-state index is 12.1. The van der Waals surface area contributed by atoms with Gasteiger partial charge in [0.15, 0.2) is 0 Å². The van der Waals surface area contributed by atoms with E-state index in [9.17, 15) is 9.90 Å². The molecule has 0 amide bonds. The van der Waals surface area contributed by atoms with Gasteiger partial charge in [-0.2, -0.15) is 18.6 Å². The molecule has 1 aromatic heterocycles. The van der Waals surface area contributed by atoms with Crippen LogP contribution in [0.1, 0.15) is 15.9 Å². The Morgan fingerprint density at radius 3 is 2.48 bits per heavy atom. The van der Waals surface area contributed by atoms with Crippen molar-refractivity contribution in [3.8, 4) is 5.75 Å². The molecule has 1 atom stereocenters. The molecule has 7 heteroatoms. The number of aromatic nitrogens is 2. The Balaban J connectivity index is 0.00000261. The Kier molecular flexibility index (Phi) is 7.91. The van der Waals surface area contributed by atoms with Crippen LogP contribution in [0.15, 0.2) is 73.1 Å². The van der Waals surface area contributed by atoms with E-state index in [1.54, 1.807) is 47.4 Å². The largest absolute Gasteiger partial charge is 0.491 e. The van der Waals surface area contributed by atoms with Crippen LogP contribution < -0.4 is 4.74 Å². The molecule has 0 bridgehead atoms. The maximum Gasteiger partial charge on any atom is 0.338 e. The van der Waals surface area contributed by atoms with Gasteiger partial charge in [-0.05, 0) is 35.9 Å². The van der Waals surface area contributed by atoms with Gasteiger partial charge >= 0.3 is 5.97 Å². The Morgan fingerprint density at radius 1 is 1.07 bits per heavy atom. The molecule has 0 fully saturated rings. The molecule has 3 aromatic rings. The van der Waals surface area contributed by atoms with Gasteiger partial charge in [-0.3, -0.25) is 4.68 Å². The van der Waals surface area contributed by atoms with Crippen LogP contribution in [-0.4, -0.2) is 33.6 Å². The van der Waals surface area contributed by atoms with Crippen LogP contribution in [-0.2, 0) is 17.9 Å². The second kappa shape index (κ2) is 10.4. The number of esters is 1. The summed E-state index contributed by atoms with van der Waals surface area (Å²) in [5.74, 6) is 0.184. The van der Waals surface area contributed by atoms with E-state index in [0.29, 0.717) is 17.9 Å². The minimum absolute atomic E-state index is 0. The second-order valence-corrected chi connectivity index (χ2v) is 5.78. The van der Waals surface area contributed by atoms with Crippen LogP contribution in [0.25, 0.3) is 0 Å². The Labute approximate surface area is 164 Å². The molecule has 0 spiro atoms. The van der Waals surface area contributed by atoms with Crippen LogP contribution in [0, 0.1) is 0 Å². The van der Waals surface area contributed by atoms with Crippen LogP contribution in [0.2, 0.25) is 0 Å². The summed E-state index contributed by atoms with van der Waals surface area (Å²) in [6, 6.07) is 18.0. The lowest BCUT2D eigenvalue weighted by atomic mass is 10.2. The lowest BCUT2D eigenvalue weighted by molar-refractivity contribution is 0.0472. The van der Waals surface area contributed by atoms with E-state index in [-0.39, 0.29) is 32.7 Å². The zero-order chi connectivity index (χ0) is 18.2. The van der Waals surface area contributed by atoms with E-state index >= 15 is 0 Å². The highest BCUT2D eigenvalue weighted by molar-refractivity contribution is 7.59. The first kappa shape index (κ1) is 20.5. The third kappa shape index (κ3) is 6.47. The third-order valence-corrected chi connectivity index (χ3v) is 3.70. The highest BCUT2D eigenvalue weighted by Gasteiger charge is 2.09. The van der Waals surface area contributed by atoms with Gasteiger partial charge in [0.05, 0.1) is 12.1 Å². The van der Waals surface area contributed by atoms with E-state index < -0.39 is 6.10 Å². The molecule has 0 aliphatic rings. The second-order valence-electron chi connectivity index (χ2n) is 5.78. The predicted octanol–water partition coefficient (Wildman–Crippen LogP) is 2.79. The van der Waals surface area contributed by atoms with Crippen molar-refractivity contribution >= 4 is 19.5 Å². The van der Waals surface area contributed by atoms with Crippen molar-refractivity contribution in [1.82, 2.24) is 9.78 Å². The zero-order valence-electron chi connectivity index (χ0n) is 14.7. The quantitative estimate of drug-likeness (QED) is 0.603. The molecule has 0 unspecified atom stereocenters. The van der Waals surface area contributed by atoms with E-state index in [1.807, 2.05) is 30.3 Å². The Morgan fingerprint density at radius 2 is 1.81 bits per heavy atom. The first-order chi connectivity index (χ1) is 12.7. The van der Waals surface area contributed by atoms with Crippen LogP contribution in [0.4, 0.5) is 0 Å². The van der Waals surface area contributed by atoms with Gasteiger partial charge in [-0.15, -0.1) is 0 Å². The van der Waals surface area contributed by atoms with Crippen molar-refractivity contribution in [2.75, 3.05) is 6.61 Å². The van der Waals surface area contributed by atoms with Gasteiger partial charge < -0.3 is 14.6 Å². The monoisotopic (exact) mass is 386 g/mol. The molecule has 1 heterocycles. The van der Waals surface area contributed by atoms with Crippen molar-refractivity contribution in [3.63, 3.8) is 0 Å². The van der Waals surface area contributed by atoms with Crippen molar-refractivity contribution in [2.45, 2.75) is 19.3 Å². The molecular formula is C20H22N2O4S. The van der Waals surface area contributed by atoms with Crippen molar-refractivity contribution < 1.29 is 19.4 Å². The number of nitrogens with zero attached hydrogens (tertiary/aromatic N) is 2. The topological polar surface area (TPSA) is 73.6 Å². The van der Waals surface area contributed by atoms with E-state index in [4.69, 9.17) is 9.47 Å². The van der Waals surface area contributed by atoms with Crippen LogP contribution in [0.5, 0.6) is 5.75 Å². The summed E-state index contributed by atoms with van der Waals surface area (Å²) >= 11 is 0. The summed E-state index contributed by atoms with van der Waals surface area (Å²) in [6.45, 7) is 0.728. The highest BCUT2D eigenvalue weighted by Crippen LogP contribution is 2.14. The number of carbonyl (C=O) groups excluding carboxylic acids is 1. The summed E-state index contributed by atoms with van der Waals surface area (Å²) in [4.78, 5) is 12.1. The normalized spacial score (nSPS) is 11.3. The molecule has 142 valence electrons. The van der Waals surface area contributed by atoms with Crippen molar-refractivity contribution in [2.24, 2.45) is 0 Å². The first-order valence-corrected chi connectivity index (χ1v) is 8.30. The fourth-order valence-electron chi connectivity index (χ4n) is 2.36. The average Bonchev–Trinajstić information content (AvgIpc) is 3.18. The summed E-state index contributed by atoms with van der Waals surface area (Å²) < 4.78 is 12.5. The number of carbonyl (C=O) groups is 1. The Hall–Kier alpha value is -2.77. The fourth-order valence-corrected chi connectivity index (χ4v) is 2.36. The van der Waals surface area contributed by atoms with Crippen LogP contribution in [0.3, 0.4) is 0 Å². The predicted molar refractivity (Wildman–Crippen MR) is 106 cm³/mol. The van der Waals surface area contributed by atoms with E-state index in [0.717, 1.165) is 5.56 Å². The SMILES string of the molecule is O=C(OCc1ccccc1)c1ccc(OC[C@@H](O)Cn2cccn2)cc1.S. The van der Waals surface area contributed by atoms with Gasteiger partial charge in [0.25, 0.3) is 0 Å². The molecule has 0 saturated heterocycles. The number of hydrogen-bond acceptors (Lipinski definition) is 5. The number of aliphatic hydroxyl groups excluding tert-OH is 1. The first-order valence-electron chi connectivity index (χ1n) is 8.30. The smallest absolute Gasteiger partial charge is 0.338 e. The number of rotatable bonds is 8. The highest BCUT2D eigenvalue weighted by atomic mass is 32.1. The number of hydrogen-bond donors (Lipinski definition) is 1. The standard InChI is InChI=1S/C20H20N2O4.H2S/c23-18(13-22-12-4-11-21-22)15-25-19-9-7-17(8-10-19)20(24)26-14-16-5-2-1-3-6-16;/h1-12,18,23H,13-15H2;1H2/t18-;/m0./s1. The minimum atomic E-state index is -0.676. The van der Waals surface area contributed by atoms with E-state index in [2.05, 4.69) is 5.10 Å². The number of benzene rings is 2. The molecule has 0 saturated carbocycles. The number of ether oxygens (including phenoxy) is 2. The van der Waals surface area contributed by atoms with Crippen molar-refractivity contribution in [3.05, 3.63) is 84.2 Å². The van der Waals surface area contributed by atoms with Gasteiger partial charge in [0, 0.05) is 12.4 Å². The minimum Gasteiger partial charge on any atom is -0.491 e. The van der Waals surface area contributed by atoms with Crippen molar-refractivity contribution in [1.29, 1.82) is 0 Å². The van der Waals surface area contributed by atoms with Gasteiger partial charge in [-0.1, -0.05) is 30.3 Å². The summed E-state index contributed by atoms with van der Waals surface area (Å²) in [7, 11) is 0. The molecule has 1 N–H and O–H groups in total. The van der Waals surface area contributed by atoms with Crippen LogP contribution >= 0.6 is 13.5 Å². The lowest BCUT2D eigenvalue weighted by Gasteiger charge is -2.12. The fraction of sp³-hybridized carbons (Fsp3) is 0.200. The van der Waals surface area contributed by atoms with Gasteiger partial charge in [-0.25, -0.2) is 4.79 Å². The summed E-state index contributed by atoms with van der Waals surface area (Å²) in [6.07, 6.45) is 2.76. The summed E-state index contributed by atoms with van der Waals surface area (Å²) in [5.41, 5.74) is 1.39. The Bertz CT molecular complexity index is 808. The molecule has 2 aromatic carbocycles.